The summed E-state index contributed by atoms with van der Waals surface area (Å²) in [7, 11) is 0. The Bertz CT molecular complexity index is 373. The number of likely N-dealkylation sites (tertiary alicyclic amines) is 1. The second-order valence-electron chi connectivity index (χ2n) is 5.19. The number of aliphatic carboxylic acids is 1. The summed E-state index contributed by atoms with van der Waals surface area (Å²) in [6, 6.07) is -0.559. The van der Waals surface area contributed by atoms with Gasteiger partial charge in [0.15, 0.2) is 0 Å². The number of nitrogens with zero attached hydrogens (tertiary/aromatic N) is 1. The minimum absolute atomic E-state index is 0.148. The van der Waals surface area contributed by atoms with Crippen molar-refractivity contribution >= 4 is 17.8 Å². The summed E-state index contributed by atoms with van der Waals surface area (Å²) in [4.78, 5) is 35.9. The van der Waals surface area contributed by atoms with Crippen LogP contribution in [0.3, 0.4) is 0 Å². The minimum Gasteiger partial charge on any atom is -0.481 e. The predicted octanol–water partition coefficient (Wildman–Crippen LogP) is 0.614. The van der Waals surface area contributed by atoms with Gasteiger partial charge in [-0.15, -0.1) is 0 Å². The first-order chi connectivity index (χ1) is 8.82. The van der Waals surface area contributed by atoms with E-state index in [1.165, 1.54) is 6.92 Å². The van der Waals surface area contributed by atoms with E-state index in [0.717, 1.165) is 0 Å². The van der Waals surface area contributed by atoms with Gasteiger partial charge in [-0.3, -0.25) is 14.4 Å². The fourth-order valence-corrected chi connectivity index (χ4v) is 2.51. The molecule has 108 valence electrons. The van der Waals surface area contributed by atoms with E-state index < -0.39 is 17.4 Å². The van der Waals surface area contributed by atoms with Crippen LogP contribution in [0, 0.1) is 5.41 Å². The van der Waals surface area contributed by atoms with Crippen molar-refractivity contribution in [2.45, 2.75) is 46.1 Å². The minimum atomic E-state index is -0.781. The van der Waals surface area contributed by atoms with Crippen LogP contribution in [0.1, 0.15) is 40.0 Å². The van der Waals surface area contributed by atoms with Gasteiger partial charge in [0.25, 0.3) is 0 Å². The van der Waals surface area contributed by atoms with E-state index in [0.29, 0.717) is 32.4 Å². The maximum absolute atomic E-state index is 12.1. The molecule has 6 heteroatoms. The van der Waals surface area contributed by atoms with Gasteiger partial charge in [-0.2, -0.15) is 0 Å². The first kappa shape index (κ1) is 15.5. The number of rotatable bonds is 4. The molecule has 19 heavy (non-hydrogen) atoms. The van der Waals surface area contributed by atoms with E-state index in [4.69, 9.17) is 0 Å². The predicted molar refractivity (Wildman–Crippen MR) is 69.5 cm³/mol. The summed E-state index contributed by atoms with van der Waals surface area (Å²) in [6.45, 7) is 5.74. The lowest BCUT2D eigenvalue weighted by Gasteiger charge is -2.39. The molecule has 1 unspecified atom stereocenters. The topological polar surface area (TPSA) is 86.7 Å². The Morgan fingerprint density at radius 3 is 2.21 bits per heavy atom. The number of carboxylic acid groups (broad SMARTS) is 1. The average molecular weight is 270 g/mol. The normalized spacial score (nSPS) is 19.6. The number of amides is 2. The molecule has 0 aromatic rings. The third-order valence-electron chi connectivity index (χ3n) is 3.95. The van der Waals surface area contributed by atoms with Crippen molar-refractivity contribution in [2.24, 2.45) is 5.41 Å². The molecule has 0 bridgehead atoms. The second-order valence-corrected chi connectivity index (χ2v) is 5.19. The van der Waals surface area contributed by atoms with Crippen molar-refractivity contribution in [3.05, 3.63) is 0 Å². The summed E-state index contributed by atoms with van der Waals surface area (Å²) >= 11 is 0. The third-order valence-corrected chi connectivity index (χ3v) is 3.95. The van der Waals surface area contributed by atoms with Crippen LogP contribution in [-0.2, 0) is 14.4 Å². The molecule has 0 aromatic carbocycles. The van der Waals surface area contributed by atoms with Gasteiger partial charge in [0.2, 0.25) is 11.8 Å². The SMILES string of the molecule is CCC1(C(=O)O)CCN(C(=O)C(C)NC(C)=O)CC1. The number of nitrogens with one attached hydrogen (secondary N) is 1. The first-order valence-corrected chi connectivity index (χ1v) is 6.61. The third kappa shape index (κ3) is 3.45. The Balaban J connectivity index is 2.60. The molecule has 6 nitrogen and oxygen atoms in total. The zero-order chi connectivity index (χ0) is 14.6. The molecule has 0 aromatic heterocycles. The maximum atomic E-state index is 12.1. The number of carboxylic acids is 1. The standard InChI is InChI=1S/C13H22N2O4/c1-4-13(12(18)19)5-7-15(8-6-13)11(17)9(2)14-10(3)16/h9H,4-8H2,1-3H3,(H,14,16)(H,18,19). The lowest BCUT2D eigenvalue weighted by atomic mass is 9.76. The van der Waals surface area contributed by atoms with Crippen LogP contribution in [0.25, 0.3) is 0 Å². The van der Waals surface area contributed by atoms with Gasteiger partial charge in [0, 0.05) is 20.0 Å². The van der Waals surface area contributed by atoms with Gasteiger partial charge < -0.3 is 15.3 Å². The maximum Gasteiger partial charge on any atom is 0.309 e. The molecule has 1 aliphatic rings. The number of carbonyl (C=O) groups excluding carboxylic acids is 2. The molecule has 1 saturated heterocycles. The molecule has 1 fully saturated rings. The molecule has 0 aliphatic carbocycles. The summed E-state index contributed by atoms with van der Waals surface area (Å²) in [5.41, 5.74) is -0.700. The Morgan fingerprint density at radius 1 is 1.32 bits per heavy atom. The highest BCUT2D eigenvalue weighted by Gasteiger charge is 2.41. The van der Waals surface area contributed by atoms with Crippen molar-refractivity contribution < 1.29 is 19.5 Å². The van der Waals surface area contributed by atoms with Crippen LogP contribution >= 0.6 is 0 Å². The molecule has 1 heterocycles. The molecule has 2 amide bonds. The molecule has 0 saturated carbocycles. The van der Waals surface area contributed by atoms with Crippen LogP contribution in [0.15, 0.2) is 0 Å². The fraction of sp³-hybridized carbons (Fsp3) is 0.769. The molecule has 2 N–H and O–H groups in total. The Hall–Kier alpha value is -1.59. The van der Waals surface area contributed by atoms with Crippen LogP contribution < -0.4 is 5.32 Å². The van der Waals surface area contributed by atoms with Gasteiger partial charge in [-0.25, -0.2) is 0 Å². The van der Waals surface area contributed by atoms with Gasteiger partial charge >= 0.3 is 5.97 Å². The van der Waals surface area contributed by atoms with Gasteiger partial charge in [-0.1, -0.05) is 6.92 Å². The van der Waals surface area contributed by atoms with Gasteiger partial charge in [0.1, 0.15) is 6.04 Å². The number of piperidine rings is 1. The number of hydrogen-bond acceptors (Lipinski definition) is 3. The highest BCUT2D eigenvalue weighted by molar-refractivity contribution is 5.86. The van der Waals surface area contributed by atoms with Crippen LogP contribution in [0.5, 0.6) is 0 Å². The Kier molecular flexibility index (Phi) is 4.91. The van der Waals surface area contributed by atoms with E-state index in [-0.39, 0.29) is 11.8 Å². The van der Waals surface area contributed by atoms with Crippen LogP contribution in [0.4, 0.5) is 0 Å². The Morgan fingerprint density at radius 2 is 1.84 bits per heavy atom. The summed E-state index contributed by atoms with van der Waals surface area (Å²) in [5.74, 6) is -1.17. The van der Waals surface area contributed by atoms with Gasteiger partial charge in [-0.05, 0) is 26.2 Å². The quantitative estimate of drug-likeness (QED) is 0.783. The summed E-state index contributed by atoms with van der Waals surface area (Å²) in [5, 5.41) is 11.8. The molecule has 1 aliphatic heterocycles. The van der Waals surface area contributed by atoms with Crippen molar-refractivity contribution in [1.29, 1.82) is 0 Å². The van der Waals surface area contributed by atoms with Crippen molar-refractivity contribution in [2.75, 3.05) is 13.1 Å². The van der Waals surface area contributed by atoms with E-state index in [1.54, 1.807) is 11.8 Å². The van der Waals surface area contributed by atoms with E-state index in [2.05, 4.69) is 5.32 Å². The summed E-state index contributed by atoms with van der Waals surface area (Å²) in [6.07, 6.45) is 1.51. The van der Waals surface area contributed by atoms with E-state index in [1.807, 2.05) is 6.92 Å². The first-order valence-electron chi connectivity index (χ1n) is 6.61. The number of hydrogen-bond donors (Lipinski definition) is 2. The van der Waals surface area contributed by atoms with Crippen LogP contribution in [0.2, 0.25) is 0 Å². The number of carbonyl (C=O) groups is 3. The zero-order valence-electron chi connectivity index (χ0n) is 11.7. The molecule has 1 rings (SSSR count). The monoisotopic (exact) mass is 270 g/mol. The molecule has 0 radical (unpaired) electrons. The highest BCUT2D eigenvalue weighted by Crippen LogP contribution is 2.35. The van der Waals surface area contributed by atoms with Crippen molar-refractivity contribution in [3.63, 3.8) is 0 Å². The van der Waals surface area contributed by atoms with Gasteiger partial charge in [0.05, 0.1) is 5.41 Å². The highest BCUT2D eigenvalue weighted by atomic mass is 16.4. The smallest absolute Gasteiger partial charge is 0.309 e. The molecular weight excluding hydrogens is 248 g/mol. The lowest BCUT2D eigenvalue weighted by Crippen LogP contribution is -2.52. The summed E-state index contributed by atoms with van der Waals surface area (Å²) < 4.78 is 0. The fourth-order valence-electron chi connectivity index (χ4n) is 2.51. The molecule has 1 atom stereocenters. The average Bonchev–Trinajstić information content (AvgIpc) is 2.37. The van der Waals surface area contributed by atoms with E-state index >= 15 is 0 Å². The largest absolute Gasteiger partial charge is 0.481 e. The second kappa shape index (κ2) is 6.04. The molecule has 0 spiro atoms. The van der Waals surface area contributed by atoms with E-state index in [9.17, 15) is 19.5 Å². The van der Waals surface area contributed by atoms with Crippen LogP contribution in [-0.4, -0.2) is 46.9 Å². The van der Waals surface area contributed by atoms with Crippen molar-refractivity contribution in [1.82, 2.24) is 10.2 Å². The lowest BCUT2D eigenvalue weighted by molar-refractivity contribution is -0.155. The van der Waals surface area contributed by atoms with Crippen molar-refractivity contribution in [3.8, 4) is 0 Å². The zero-order valence-corrected chi connectivity index (χ0v) is 11.7. The Labute approximate surface area is 113 Å². The molecular formula is C13H22N2O4.